The summed E-state index contributed by atoms with van der Waals surface area (Å²) in [6, 6.07) is 22.6. The number of piperazine rings is 1. The SMILES string of the molecule is CCCN1CCc2cccc3c2C1Cc1cccc(OCc2cn(CCC(C)N4CCN(c5ccccc5OC)CC4)nn2)c1-3. The maximum Gasteiger partial charge on any atom is 0.142 e. The van der Waals surface area contributed by atoms with Crippen molar-refractivity contribution in [2.24, 2.45) is 0 Å². The second kappa shape index (κ2) is 13.2. The van der Waals surface area contributed by atoms with Crippen LogP contribution in [0.5, 0.6) is 11.5 Å². The average molecular weight is 607 g/mol. The highest BCUT2D eigenvalue weighted by Crippen LogP contribution is 2.48. The number of hydrogen-bond donors (Lipinski definition) is 0. The van der Waals surface area contributed by atoms with Gasteiger partial charge in [0, 0.05) is 56.9 Å². The first-order chi connectivity index (χ1) is 22.1. The maximum atomic E-state index is 6.49. The summed E-state index contributed by atoms with van der Waals surface area (Å²) in [6.07, 6.45) is 6.43. The van der Waals surface area contributed by atoms with Gasteiger partial charge in [0.1, 0.15) is 23.8 Å². The van der Waals surface area contributed by atoms with Crippen LogP contribution in [-0.4, -0.2) is 77.2 Å². The Bertz CT molecular complexity index is 1610. The maximum absolute atomic E-state index is 6.49. The molecule has 4 aromatic rings. The van der Waals surface area contributed by atoms with Crippen molar-refractivity contribution in [3.8, 4) is 22.6 Å². The third kappa shape index (κ3) is 6.06. The lowest BCUT2D eigenvalue weighted by Crippen LogP contribution is -2.49. The van der Waals surface area contributed by atoms with E-state index in [0.29, 0.717) is 18.7 Å². The van der Waals surface area contributed by atoms with Crippen LogP contribution in [0.2, 0.25) is 0 Å². The molecule has 0 N–H and O–H groups in total. The van der Waals surface area contributed by atoms with Crippen molar-refractivity contribution in [2.45, 2.75) is 64.8 Å². The number of anilines is 1. The molecule has 1 aromatic heterocycles. The van der Waals surface area contributed by atoms with Crippen LogP contribution < -0.4 is 14.4 Å². The van der Waals surface area contributed by atoms with E-state index in [0.717, 1.165) is 82.3 Å². The third-order valence-electron chi connectivity index (χ3n) is 10.0. The van der Waals surface area contributed by atoms with Gasteiger partial charge in [0.25, 0.3) is 0 Å². The highest BCUT2D eigenvalue weighted by molar-refractivity contribution is 5.80. The zero-order chi connectivity index (χ0) is 30.8. The lowest BCUT2D eigenvalue weighted by Gasteiger charge is -2.42. The number of ether oxygens (including phenoxy) is 2. The summed E-state index contributed by atoms with van der Waals surface area (Å²) in [5, 5.41) is 8.91. The van der Waals surface area contributed by atoms with Crippen LogP contribution in [-0.2, 0) is 26.0 Å². The average Bonchev–Trinajstić information content (AvgIpc) is 3.55. The van der Waals surface area contributed by atoms with Gasteiger partial charge in [-0.1, -0.05) is 54.6 Å². The summed E-state index contributed by atoms with van der Waals surface area (Å²) >= 11 is 0. The van der Waals surface area contributed by atoms with Gasteiger partial charge in [-0.25, -0.2) is 0 Å². The number of nitrogens with zero attached hydrogens (tertiary/aromatic N) is 6. The number of aromatic nitrogens is 3. The molecule has 0 spiro atoms. The Morgan fingerprint density at radius 3 is 2.53 bits per heavy atom. The van der Waals surface area contributed by atoms with Crippen LogP contribution in [0.1, 0.15) is 55.1 Å². The van der Waals surface area contributed by atoms with E-state index in [9.17, 15) is 0 Å². The van der Waals surface area contributed by atoms with Crippen LogP contribution >= 0.6 is 0 Å². The number of benzene rings is 3. The van der Waals surface area contributed by atoms with E-state index in [4.69, 9.17) is 9.47 Å². The van der Waals surface area contributed by atoms with Crippen LogP contribution in [0.25, 0.3) is 11.1 Å². The van der Waals surface area contributed by atoms with Gasteiger partial charge in [-0.15, -0.1) is 5.10 Å². The normalized spacial score (nSPS) is 18.7. The molecule has 3 aromatic carbocycles. The first-order valence-electron chi connectivity index (χ1n) is 16.7. The van der Waals surface area contributed by atoms with E-state index >= 15 is 0 Å². The Morgan fingerprint density at radius 2 is 1.69 bits per heavy atom. The quantitative estimate of drug-likeness (QED) is 0.208. The van der Waals surface area contributed by atoms with Crippen LogP contribution in [0.4, 0.5) is 5.69 Å². The zero-order valence-electron chi connectivity index (χ0n) is 27.0. The Labute approximate surface area is 267 Å². The minimum atomic E-state index is 0.414. The molecule has 45 heavy (non-hydrogen) atoms. The summed E-state index contributed by atoms with van der Waals surface area (Å²) in [5.41, 5.74) is 9.05. The van der Waals surface area contributed by atoms with E-state index in [1.54, 1.807) is 7.11 Å². The van der Waals surface area contributed by atoms with E-state index < -0.39 is 0 Å². The number of fused-ring (bicyclic) bond motifs is 2. The van der Waals surface area contributed by atoms with Crippen LogP contribution in [0.3, 0.4) is 0 Å². The molecule has 3 heterocycles. The Hall–Kier alpha value is -3.88. The number of para-hydroxylation sites is 2. The fourth-order valence-electron chi connectivity index (χ4n) is 7.67. The Morgan fingerprint density at radius 1 is 0.889 bits per heavy atom. The summed E-state index contributed by atoms with van der Waals surface area (Å²) in [4.78, 5) is 7.70. The lowest BCUT2D eigenvalue weighted by atomic mass is 9.77. The van der Waals surface area contributed by atoms with Gasteiger partial charge >= 0.3 is 0 Å². The van der Waals surface area contributed by atoms with Gasteiger partial charge in [-0.2, -0.15) is 0 Å². The molecule has 8 heteroatoms. The van der Waals surface area contributed by atoms with Gasteiger partial charge in [-0.3, -0.25) is 14.5 Å². The number of aryl methyl sites for hydroxylation is 1. The number of hydrogen-bond acceptors (Lipinski definition) is 7. The van der Waals surface area contributed by atoms with Gasteiger partial charge < -0.3 is 14.4 Å². The lowest BCUT2D eigenvalue weighted by molar-refractivity contribution is 0.182. The van der Waals surface area contributed by atoms with E-state index in [1.165, 1.54) is 39.9 Å². The molecule has 2 aliphatic heterocycles. The molecular weight excluding hydrogens is 560 g/mol. The highest BCUT2D eigenvalue weighted by atomic mass is 16.5. The molecule has 1 aliphatic carbocycles. The fourth-order valence-corrected chi connectivity index (χ4v) is 7.67. The molecule has 0 saturated carbocycles. The minimum absolute atomic E-state index is 0.414. The standard InChI is InChI=1S/C37H46N6O2/c1-4-17-41-18-16-28-9-7-11-31-36(28)33(41)24-29-10-8-14-35(37(29)31)45-26-30-25-43(39-38-30)19-15-27(2)40-20-22-42(23-21-40)32-12-5-6-13-34(32)44-3/h5-14,25,27,33H,4,15-24,26H2,1-3H3. The molecule has 0 radical (unpaired) electrons. The predicted octanol–water partition coefficient (Wildman–Crippen LogP) is 6.00. The van der Waals surface area contributed by atoms with Crippen LogP contribution in [0, 0.1) is 0 Å². The van der Waals surface area contributed by atoms with Crippen molar-refractivity contribution in [3.05, 3.63) is 89.2 Å². The minimum Gasteiger partial charge on any atom is -0.495 e. The summed E-state index contributed by atoms with van der Waals surface area (Å²) in [6.45, 7) is 12.3. The monoisotopic (exact) mass is 606 g/mol. The van der Waals surface area contributed by atoms with Gasteiger partial charge in [0.15, 0.2) is 0 Å². The van der Waals surface area contributed by atoms with Crippen molar-refractivity contribution in [1.82, 2.24) is 24.8 Å². The third-order valence-corrected chi connectivity index (χ3v) is 10.0. The summed E-state index contributed by atoms with van der Waals surface area (Å²) in [5.74, 6) is 1.89. The number of rotatable bonds is 11. The van der Waals surface area contributed by atoms with Crippen LogP contribution in [0.15, 0.2) is 66.9 Å². The second-order valence-electron chi connectivity index (χ2n) is 12.8. The molecule has 8 nitrogen and oxygen atoms in total. The van der Waals surface area contributed by atoms with Crippen molar-refractivity contribution >= 4 is 5.69 Å². The molecular formula is C37H46N6O2. The van der Waals surface area contributed by atoms with E-state index in [1.807, 2.05) is 23.0 Å². The van der Waals surface area contributed by atoms with Crippen molar-refractivity contribution in [1.29, 1.82) is 0 Å². The fraction of sp³-hybridized carbons (Fsp3) is 0.459. The van der Waals surface area contributed by atoms with Gasteiger partial charge in [0.2, 0.25) is 0 Å². The Balaban J connectivity index is 0.957. The summed E-state index contributed by atoms with van der Waals surface area (Å²) < 4.78 is 14.1. The largest absolute Gasteiger partial charge is 0.495 e. The predicted molar refractivity (Wildman–Crippen MR) is 179 cm³/mol. The van der Waals surface area contributed by atoms with E-state index in [2.05, 4.69) is 87.4 Å². The molecule has 7 rings (SSSR count). The van der Waals surface area contributed by atoms with Crippen molar-refractivity contribution in [2.75, 3.05) is 51.3 Å². The molecule has 2 atom stereocenters. The molecule has 1 fully saturated rings. The molecule has 1 saturated heterocycles. The summed E-state index contributed by atoms with van der Waals surface area (Å²) in [7, 11) is 1.75. The van der Waals surface area contributed by atoms with Gasteiger partial charge in [0.05, 0.1) is 19.0 Å². The molecule has 2 unspecified atom stereocenters. The second-order valence-corrected chi connectivity index (χ2v) is 12.8. The molecule has 0 bridgehead atoms. The molecule has 3 aliphatic rings. The van der Waals surface area contributed by atoms with E-state index in [-0.39, 0.29) is 0 Å². The number of methoxy groups -OCH3 is 1. The van der Waals surface area contributed by atoms with Crippen molar-refractivity contribution < 1.29 is 9.47 Å². The van der Waals surface area contributed by atoms with Gasteiger partial charge in [-0.05, 0) is 79.6 Å². The zero-order valence-corrected chi connectivity index (χ0v) is 27.0. The Kier molecular flexibility index (Phi) is 8.77. The topological polar surface area (TPSA) is 58.9 Å². The molecule has 0 amide bonds. The molecule has 236 valence electrons. The first kappa shape index (κ1) is 29.8. The van der Waals surface area contributed by atoms with Crippen molar-refractivity contribution in [3.63, 3.8) is 0 Å². The first-order valence-corrected chi connectivity index (χ1v) is 16.7. The smallest absolute Gasteiger partial charge is 0.142 e. The highest BCUT2D eigenvalue weighted by Gasteiger charge is 2.35.